The number of hydrogen-bond donors (Lipinski definition) is 1. The molecule has 138 valence electrons. The van der Waals surface area contributed by atoms with Crippen LogP contribution in [0.5, 0.6) is 0 Å². The molecular formula is C17H18N2O6S. The van der Waals surface area contributed by atoms with Crippen molar-refractivity contribution in [3.8, 4) is 0 Å². The van der Waals surface area contributed by atoms with Crippen LogP contribution in [0, 0.1) is 30.9 Å². The molecule has 0 radical (unpaired) electrons. The Hall–Kier alpha value is -2.94. The lowest BCUT2D eigenvalue weighted by molar-refractivity contribution is -0.385. The van der Waals surface area contributed by atoms with Gasteiger partial charge < -0.3 is 5.11 Å². The number of benzene rings is 2. The first-order valence-electron chi connectivity index (χ1n) is 7.61. The van der Waals surface area contributed by atoms with Crippen molar-refractivity contribution in [1.82, 2.24) is 0 Å². The molecule has 0 atom stereocenters. The molecule has 0 aromatic heterocycles. The lowest BCUT2D eigenvalue weighted by atomic mass is 10.1. The monoisotopic (exact) mass is 378 g/mol. The van der Waals surface area contributed by atoms with Gasteiger partial charge in [-0.3, -0.25) is 19.2 Å². The van der Waals surface area contributed by atoms with Crippen molar-refractivity contribution in [2.45, 2.75) is 25.7 Å². The lowest BCUT2D eigenvalue weighted by Crippen LogP contribution is -2.36. The second kappa shape index (κ2) is 7.12. The fourth-order valence-corrected chi connectivity index (χ4v) is 4.24. The van der Waals surface area contributed by atoms with E-state index < -0.39 is 27.5 Å². The summed E-state index contributed by atoms with van der Waals surface area (Å²) in [5, 5.41) is 20.3. The number of carboxylic acids is 1. The smallest absolute Gasteiger partial charge is 0.324 e. The molecule has 0 unspecified atom stereocenters. The van der Waals surface area contributed by atoms with Gasteiger partial charge in [-0.1, -0.05) is 24.3 Å². The molecule has 0 aliphatic rings. The highest BCUT2D eigenvalue weighted by molar-refractivity contribution is 7.92. The summed E-state index contributed by atoms with van der Waals surface area (Å²) in [6, 6.07) is 8.59. The van der Waals surface area contributed by atoms with E-state index in [1.807, 2.05) is 0 Å². The van der Waals surface area contributed by atoms with Crippen molar-refractivity contribution in [3.63, 3.8) is 0 Å². The number of sulfonamides is 1. The van der Waals surface area contributed by atoms with E-state index in [0.29, 0.717) is 16.7 Å². The Morgan fingerprint density at radius 1 is 1.12 bits per heavy atom. The van der Waals surface area contributed by atoms with Crippen LogP contribution >= 0.6 is 0 Å². The molecule has 0 spiro atoms. The summed E-state index contributed by atoms with van der Waals surface area (Å²) in [4.78, 5) is 21.4. The molecule has 2 aromatic rings. The molecule has 0 fully saturated rings. The zero-order valence-electron chi connectivity index (χ0n) is 14.5. The van der Waals surface area contributed by atoms with Gasteiger partial charge in [0.25, 0.3) is 15.7 Å². The summed E-state index contributed by atoms with van der Waals surface area (Å²) in [7, 11) is -4.32. The third-order valence-corrected chi connectivity index (χ3v) is 5.67. The first kappa shape index (κ1) is 19.4. The first-order valence-corrected chi connectivity index (χ1v) is 9.05. The molecule has 0 amide bonds. The number of hydrogen-bond acceptors (Lipinski definition) is 5. The third-order valence-electron chi connectivity index (χ3n) is 3.93. The summed E-state index contributed by atoms with van der Waals surface area (Å²) in [5.41, 5.74) is 1.37. The number of nitrogens with zero attached hydrogens (tertiary/aromatic N) is 2. The van der Waals surface area contributed by atoms with Crippen LogP contribution in [0.25, 0.3) is 0 Å². The van der Waals surface area contributed by atoms with E-state index in [9.17, 15) is 28.4 Å². The van der Waals surface area contributed by atoms with E-state index in [0.717, 1.165) is 10.4 Å². The van der Waals surface area contributed by atoms with Crippen molar-refractivity contribution in [1.29, 1.82) is 0 Å². The molecule has 0 aliphatic carbocycles. The van der Waals surface area contributed by atoms with Crippen LogP contribution in [-0.4, -0.2) is 31.0 Å². The Morgan fingerprint density at radius 2 is 1.69 bits per heavy atom. The third kappa shape index (κ3) is 3.67. The number of carbonyl (C=O) groups is 1. The fourth-order valence-electron chi connectivity index (χ4n) is 2.68. The van der Waals surface area contributed by atoms with Gasteiger partial charge in [0, 0.05) is 11.6 Å². The predicted molar refractivity (Wildman–Crippen MR) is 95.9 cm³/mol. The second-order valence-electron chi connectivity index (χ2n) is 5.85. The molecule has 0 aliphatic heterocycles. The second-order valence-corrected chi connectivity index (χ2v) is 7.71. The molecule has 2 aromatic carbocycles. The van der Waals surface area contributed by atoms with Gasteiger partial charge in [0.15, 0.2) is 0 Å². The van der Waals surface area contributed by atoms with Crippen molar-refractivity contribution >= 4 is 27.4 Å². The first-order chi connectivity index (χ1) is 12.1. The Balaban J connectivity index is 2.70. The summed E-state index contributed by atoms with van der Waals surface area (Å²) >= 11 is 0. The SMILES string of the molecule is Cc1ccc(S(=O)(=O)N(CC(=O)O)c2c(C)cccc2C)cc1[N+](=O)[O-]. The van der Waals surface area contributed by atoms with E-state index in [-0.39, 0.29) is 16.3 Å². The van der Waals surface area contributed by atoms with Gasteiger partial charge >= 0.3 is 5.97 Å². The topological polar surface area (TPSA) is 118 Å². The number of anilines is 1. The maximum absolute atomic E-state index is 13.1. The van der Waals surface area contributed by atoms with E-state index in [2.05, 4.69) is 0 Å². The predicted octanol–water partition coefficient (Wildman–Crippen LogP) is 2.80. The van der Waals surface area contributed by atoms with Crippen LogP contribution in [0.15, 0.2) is 41.3 Å². The number of nitro groups is 1. The van der Waals surface area contributed by atoms with E-state index in [1.54, 1.807) is 32.0 Å². The van der Waals surface area contributed by atoms with Crippen molar-refractivity contribution in [3.05, 3.63) is 63.2 Å². The fraction of sp³-hybridized carbons (Fsp3) is 0.235. The van der Waals surface area contributed by atoms with Crippen LogP contribution in [0.4, 0.5) is 11.4 Å². The maximum atomic E-state index is 13.1. The van der Waals surface area contributed by atoms with Crippen molar-refractivity contribution < 1.29 is 23.2 Å². The standard InChI is InChI=1S/C17H18N2O6S/c1-11-7-8-14(9-15(11)19(22)23)26(24,25)18(10-16(20)21)17-12(2)5-4-6-13(17)3/h4-9H,10H2,1-3H3,(H,20,21). The number of aryl methyl sites for hydroxylation is 3. The summed E-state index contributed by atoms with van der Waals surface area (Å²) < 4.78 is 27.0. The quantitative estimate of drug-likeness (QED) is 0.610. The Bertz CT molecular complexity index is 964. The van der Waals surface area contributed by atoms with Crippen LogP contribution in [0.2, 0.25) is 0 Å². The normalized spacial score (nSPS) is 11.2. The van der Waals surface area contributed by atoms with Crippen LogP contribution < -0.4 is 4.31 Å². The average Bonchev–Trinajstić information content (AvgIpc) is 2.53. The maximum Gasteiger partial charge on any atom is 0.324 e. The Morgan fingerprint density at radius 3 is 2.19 bits per heavy atom. The molecule has 2 rings (SSSR count). The highest BCUT2D eigenvalue weighted by Gasteiger charge is 2.30. The van der Waals surface area contributed by atoms with Crippen LogP contribution in [0.1, 0.15) is 16.7 Å². The van der Waals surface area contributed by atoms with E-state index in [4.69, 9.17) is 0 Å². The summed E-state index contributed by atoms with van der Waals surface area (Å²) in [6.07, 6.45) is 0. The largest absolute Gasteiger partial charge is 0.480 e. The van der Waals surface area contributed by atoms with Crippen molar-refractivity contribution in [2.24, 2.45) is 0 Å². The van der Waals surface area contributed by atoms with Gasteiger partial charge in [-0.25, -0.2) is 8.42 Å². The average molecular weight is 378 g/mol. The highest BCUT2D eigenvalue weighted by Crippen LogP contribution is 2.31. The van der Waals surface area contributed by atoms with E-state index >= 15 is 0 Å². The number of nitro benzene ring substituents is 1. The molecule has 8 nitrogen and oxygen atoms in total. The zero-order valence-corrected chi connectivity index (χ0v) is 15.3. The van der Waals surface area contributed by atoms with Gasteiger partial charge in [0.2, 0.25) is 0 Å². The molecule has 9 heteroatoms. The number of carboxylic acid groups (broad SMARTS) is 1. The van der Waals surface area contributed by atoms with Gasteiger partial charge in [0.1, 0.15) is 6.54 Å². The molecule has 26 heavy (non-hydrogen) atoms. The minimum Gasteiger partial charge on any atom is -0.480 e. The highest BCUT2D eigenvalue weighted by atomic mass is 32.2. The Labute approximate surface area is 150 Å². The summed E-state index contributed by atoms with van der Waals surface area (Å²) in [5.74, 6) is -1.34. The lowest BCUT2D eigenvalue weighted by Gasteiger charge is -2.26. The molecule has 0 heterocycles. The molecule has 0 saturated carbocycles. The van der Waals surface area contributed by atoms with E-state index in [1.165, 1.54) is 19.1 Å². The zero-order chi connectivity index (χ0) is 19.6. The van der Waals surface area contributed by atoms with Gasteiger partial charge in [-0.05, 0) is 38.0 Å². The molecular weight excluding hydrogens is 360 g/mol. The molecule has 0 bridgehead atoms. The van der Waals surface area contributed by atoms with Gasteiger partial charge in [-0.2, -0.15) is 0 Å². The minimum atomic E-state index is -4.32. The van der Waals surface area contributed by atoms with Crippen molar-refractivity contribution in [2.75, 3.05) is 10.8 Å². The number of aliphatic carboxylic acids is 1. The van der Waals surface area contributed by atoms with Crippen LogP contribution in [-0.2, 0) is 14.8 Å². The molecule has 1 N–H and O–H groups in total. The molecule has 0 saturated heterocycles. The van der Waals surface area contributed by atoms with Crippen LogP contribution in [0.3, 0.4) is 0 Å². The number of para-hydroxylation sites is 1. The van der Waals surface area contributed by atoms with Gasteiger partial charge in [0.05, 0.1) is 15.5 Å². The number of rotatable bonds is 6. The minimum absolute atomic E-state index is 0.248. The summed E-state index contributed by atoms with van der Waals surface area (Å²) in [6.45, 7) is 4.04. The Kier molecular flexibility index (Phi) is 5.31. The van der Waals surface area contributed by atoms with Gasteiger partial charge in [-0.15, -0.1) is 0 Å².